The fraction of sp³-hybridized carbons (Fsp3) is 0.583. The quantitative estimate of drug-likeness (QED) is 0.896. The van der Waals surface area contributed by atoms with Crippen LogP contribution in [0.25, 0.3) is 0 Å². The standard InChI is InChI=1S/C12H18N4O2S/c1-9(17)15(2)10-3-6-16(7-4-10)12(18)14-11-13-5-8-19-11/h5,8,10H,3-4,6-7H2,1-2H3,(H,13,14,18). The molecule has 1 saturated heterocycles. The summed E-state index contributed by atoms with van der Waals surface area (Å²) >= 11 is 1.40. The Labute approximate surface area is 116 Å². The number of nitrogens with zero attached hydrogens (tertiary/aromatic N) is 3. The molecule has 1 N–H and O–H groups in total. The number of hydrogen-bond acceptors (Lipinski definition) is 4. The van der Waals surface area contributed by atoms with Gasteiger partial charge in [0.25, 0.3) is 0 Å². The fourth-order valence-corrected chi connectivity index (χ4v) is 2.69. The second-order valence-corrected chi connectivity index (χ2v) is 5.51. The van der Waals surface area contributed by atoms with Gasteiger partial charge in [0, 0.05) is 44.7 Å². The minimum atomic E-state index is -0.112. The van der Waals surface area contributed by atoms with Gasteiger partial charge in [-0.3, -0.25) is 10.1 Å². The van der Waals surface area contributed by atoms with E-state index in [2.05, 4.69) is 10.3 Å². The lowest BCUT2D eigenvalue weighted by Crippen LogP contribution is -2.47. The van der Waals surface area contributed by atoms with Crippen molar-refractivity contribution in [3.8, 4) is 0 Å². The molecule has 104 valence electrons. The van der Waals surface area contributed by atoms with Gasteiger partial charge in [-0.1, -0.05) is 0 Å². The van der Waals surface area contributed by atoms with E-state index in [9.17, 15) is 9.59 Å². The maximum absolute atomic E-state index is 12.0. The SMILES string of the molecule is CC(=O)N(C)C1CCN(C(=O)Nc2nccs2)CC1. The van der Waals surface area contributed by atoms with Crippen molar-refractivity contribution < 1.29 is 9.59 Å². The third-order valence-corrected chi connectivity index (χ3v) is 4.13. The van der Waals surface area contributed by atoms with Crippen LogP contribution in [0.1, 0.15) is 19.8 Å². The van der Waals surface area contributed by atoms with E-state index in [1.807, 2.05) is 12.4 Å². The van der Waals surface area contributed by atoms with Gasteiger partial charge < -0.3 is 9.80 Å². The van der Waals surface area contributed by atoms with Crippen molar-refractivity contribution in [3.63, 3.8) is 0 Å². The lowest BCUT2D eigenvalue weighted by Gasteiger charge is -2.36. The Hall–Kier alpha value is -1.63. The average Bonchev–Trinajstić information content (AvgIpc) is 2.90. The van der Waals surface area contributed by atoms with Crippen molar-refractivity contribution in [1.82, 2.24) is 14.8 Å². The molecule has 0 spiro atoms. The Morgan fingerprint density at radius 3 is 2.68 bits per heavy atom. The zero-order valence-corrected chi connectivity index (χ0v) is 11.9. The van der Waals surface area contributed by atoms with E-state index < -0.39 is 0 Å². The van der Waals surface area contributed by atoms with Crippen LogP contribution in [0.4, 0.5) is 9.93 Å². The van der Waals surface area contributed by atoms with Crippen LogP contribution in [0.3, 0.4) is 0 Å². The third kappa shape index (κ3) is 3.44. The predicted molar refractivity (Wildman–Crippen MR) is 74.2 cm³/mol. The highest BCUT2D eigenvalue weighted by Crippen LogP contribution is 2.17. The molecular formula is C12H18N4O2S. The third-order valence-electron chi connectivity index (χ3n) is 3.44. The first kappa shape index (κ1) is 13.8. The van der Waals surface area contributed by atoms with Gasteiger partial charge in [-0.25, -0.2) is 9.78 Å². The Kier molecular flexibility index (Phi) is 4.36. The number of likely N-dealkylation sites (tertiary alicyclic amines) is 1. The number of anilines is 1. The number of hydrogen-bond donors (Lipinski definition) is 1. The number of urea groups is 1. The molecule has 1 fully saturated rings. The molecule has 3 amide bonds. The minimum absolute atomic E-state index is 0.0747. The van der Waals surface area contributed by atoms with E-state index >= 15 is 0 Å². The molecule has 2 rings (SSSR count). The summed E-state index contributed by atoms with van der Waals surface area (Å²) in [4.78, 5) is 30.8. The number of nitrogens with one attached hydrogen (secondary N) is 1. The average molecular weight is 282 g/mol. The fourth-order valence-electron chi connectivity index (χ4n) is 2.17. The number of carbonyl (C=O) groups excluding carboxylic acids is 2. The maximum atomic E-state index is 12.0. The van der Waals surface area contributed by atoms with Crippen LogP contribution in [0, 0.1) is 0 Å². The molecule has 0 aliphatic carbocycles. The predicted octanol–water partition coefficient (Wildman–Crippen LogP) is 1.62. The Morgan fingerprint density at radius 1 is 1.47 bits per heavy atom. The summed E-state index contributed by atoms with van der Waals surface area (Å²) in [5.41, 5.74) is 0. The van der Waals surface area contributed by atoms with Crippen LogP contribution < -0.4 is 5.32 Å². The lowest BCUT2D eigenvalue weighted by atomic mass is 10.0. The molecule has 0 saturated carbocycles. The second kappa shape index (κ2) is 6.01. The van der Waals surface area contributed by atoms with Gasteiger partial charge in [0.05, 0.1) is 0 Å². The molecule has 6 nitrogen and oxygen atoms in total. The largest absolute Gasteiger partial charge is 0.343 e. The topological polar surface area (TPSA) is 65.5 Å². The molecule has 0 bridgehead atoms. The number of amides is 3. The van der Waals surface area contributed by atoms with Crippen LogP contribution in [-0.2, 0) is 4.79 Å². The zero-order valence-electron chi connectivity index (χ0n) is 11.1. The molecule has 0 aromatic carbocycles. The molecule has 7 heteroatoms. The number of thiazole rings is 1. The number of piperidine rings is 1. The van der Waals surface area contributed by atoms with E-state index in [1.54, 1.807) is 22.9 Å². The van der Waals surface area contributed by atoms with E-state index in [-0.39, 0.29) is 18.0 Å². The van der Waals surface area contributed by atoms with Crippen molar-refractivity contribution in [2.45, 2.75) is 25.8 Å². The summed E-state index contributed by atoms with van der Waals surface area (Å²) in [5.74, 6) is 0.0747. The number of carbonyl (C=O) groups is 2. The Balaban J connectivity index is 1.83. The normalized spacial score (nSPS) is 16.2. The number of rotatable bonds is 2. The van der Waals surface area contributed by atoms with Crippen LogP contribution in [0.2, 0.25) is 0 Å². The van der Waals surface area contributed by atoms with Gasteiger partial charge in [-0.05, 0) is 12.8 Å². The summed E-state index contributed by atoms with van der Waals surface area (Å²) in [6.45, 7) is 2.90. The van der Waals surface area contributed by atoms with Crippen molar-refractivity contribution in [1.29, 1.82) is 0 Å². The Morgan fingerprint density at radius 2 is 2.16 bits per heavy atom. The molecule has 0 atom stereocenters. The van der Waals surface area contributed by atoms with Crippen LogP contribution in [0.15, 0.2) is 11.6 Å². The first-order valence-electron chi connectivity index (χ1n) is 6.26. The van der Waals surface area contributed by atoms with Crippen molar-refractivity contribution in [2.24, 2.45) is 0 Å². The van der Waals surface area contributed by atoms with Crippen molar-refractivity contribution in [3.05, 3.63) is 11.6 Å². The summed E-state index contributed by atoms with van der Waals surface area (Å²) in [6.07, 6.45) is 3.30. The summed E-state index contributed by atoms with van der Waals surface area (Å²) in [5, 5.41) is 5.21. The second-order valence-electron chi connectivity index (χ2n) is 4.62. The van der Waals surface area contributed by atoms with E-state index in [4.69, 9.17) is 0 Å². The van der Waals surface area contributed by atoms with Gasteiger partial charge in [0.2, 0.25) is 5.91 Å². The van der Waals surface area contributed by atoms with Crippen LogP contribution >= 0.6 is 11.3 Å². The smallest absolute Gasteiger partial charge is 0.323 e. The monoisotopic (exact) mass is 282 g/mol. The van der Waals surface area contributed by atoms with Gasteiger partial charge in [0.15, 0.2) is 5.13 Å². The lowest BCUT2D eigenvalue weighted by molar-refractivity contribution is -0.130. The van der Waals surface area contributed by atoms with Crippen molar-refractivity contribution in [2.75, 3.05) is 25.5 Å². The summed E-state index contributed by atoms with van der Waals surface area (Å²) < 4.78 is 0. The highest BCUT2D eigenvalue weighted by molar-refractivity contribution is 7.13. The highest BCUT2D eigenvalue weighted by Gasteiger charge is 2.26. The van der Waals surface area contributed by atoms with Crippen molar-refractivity contribution >= 4 is 28.4 Å². The van der Waals surface area contributed by atoms with Gasteiger partial charge >= 0.3 is 6.03 Å². The summed E-state index contributed by atoms with van der Waals surface area (Å²) in [6, 6.07) is 0.125. The first-order chi connectivity index (χ1) is 9.08. The zero-order chi connectivity index (χ0) is 13.8. The van der Waals surface area contributed by atoms with E-state index in [0.717, 1.165) is 12.8 Å². The van der Waals surface area contributed by atoms with E-state index in [1.165, 1.54) is 11.3 Å². The van der Waals surface area contributed by atoms with E-state index in [0.29, 0.717) is 18.2 Å². The molecular weight excluding hydrogens is 264 g/mol. The maximum Gasteiger partial charge on any atom is 0.323 e. The molecule has 0 radical (unpaired) electrons. The summed E-state index contributed by atoms with van der Waals surface area (Å²) in [7, 11) is 1.82. The highest BCUT2D eigenvalue weighted by atomic mass is 32.1. The van der Waals surface area contributed by atoms with Gasteiger partial charge in [0.1, 0.15) is 0 Å². The molecule has 0 unspecified atom stereocenters. The van der Waals surface area contributed by atoms with Crippen LogP contribution in [-0.4, -0.2) is 52.9 Å². The molecule has 1 aliphatic rings. The number of aromatic nitrogens is 1. The molecule has 1 aromatic heterocycles. The molecule has 19 heavy (non-hydrogen) atoms. The van der Waals surface area contributed by atoms with Gasteiger partial charge in [-0.15, -0.1) is 11.3 Å². The molecule has 1 aromatic rings. The Bertz CT molecular complexity index is 441. The minimum Gasteiger partial charge on any atom is -0.343 e. The molecule has 2 heterocycles. The van der Waals surface area contributed by atoms with Gasteiger partial charge in [-0.2, -0.15) is 0 Å². The molecule has 1 aliphatic heterocycles. The first-order valence-corrected chi connectivity index (χ1v) is 7.14. The van der Waals surface area contributed by atoms with Crippen LogP contribution in [0.5, 0.6) is 0 Å².